The Hall–Kier alpha value is -1.82. The van der Waals surface area contributed by atoms with Gasteiger partial charge in [0.2, 0.25) is 0 Å². The number of benzene rings is 1. The summed E-state index contributed by atoms with van der Waals surface area (Å²) in [6.45, 7) is 0. The fourth-order valence-electron chi connectivity index (χ4n) is 3.63. The molecule has 1 saturated carbocycles. The summed E-state index contributed by atoms with van der Waals surface area (Å²) in [5.74, 6) is 0.287. The fraction of sp³-hybridized carbons (Fsp3) is 0.471. The first kappa shape index (κ1) is 14.8. The van der Waals surface area contributed by atoms with Gasteiger partial charge in [-0.3, -0.25) is 4.79 Å². The molecule has 0 bridgehead atoms. The highest BCUT2D eigenvalue weighted by Gasteiger charge is 2.42. The molecule has 1 aromatic heterocycles. The number of nitrogens with zero attached hydrogens (tertiary/aromatic N) is 2. The van der Waals surface area contributed by atoms with Crippen molar-refractivity contribution in [2.75, 3.05) is 11.5 Å². The first-order chi connectivity index (χ1) is 11.0. The van der Waals surface area contributed by atoms with Gasteiger partial charge in [-0.1, -0.05) is 18.2 Å². The van der Waals surface area contributed by atoms with Gasteiger partial charge in [0.05, 0.1) is 17.1 Å². The molecular formula is C17H20N2O3S. The van der Waals surface area contributed by atoms with Crippen LogP contribution in [0.25, 0.3) is 10.9 Å². The Balaban J connectivity index is 1.73. The summed E-state index contributed by atoms with van der Waals surface area (Å²) in [6, 6.07) is 7.88. The van der Waals surface area contributed by atoms with Crippen molar-refractivity contribution in [3.8, 4) is 0 Å². The number of hydrogen-bond donors (Lipinski definition) is 0. The van der Waals surface area contributed by atoms with Gasteiger partial charge in [0.1, 0.15) is 0 Å². The monoisotopic (exact) mass is 332 g/mol. The van der Waals surface area contributed by atoms with Crippen molar-refractivity contribution in [1.82, 2.24) is 9.47 Å². The van der Waals surface area contributed by atoms with Gasteiger partial charge in [0, 0.05) is 36.2 Å². The van der Waals surface area contributed by atoms with Gasteiger partial charge in [-0.2, -0.15) is 0 Å². The molecule has 2 fully saturated rings. The summed E-state index contributed by atoms with van der Waals surface area (Å²) < 4.78 is 25.6. The van der Waals surface area contributed by atoms with Crippen LogP contribution >= 0.6 is 0 Å². The normalized spacial score (nSPS) is 23.3. The average Bonchev–Trinajstić information content (AvgIpc) is 3.20. The van der Waals surface area contributed by atoms with Crippen molar-refractivity contribution >= 4 is 26.6 Å². The topological polar surface area (TPSA) is 59.4 Å². The zero-order chi connectivity index (χ0) is 16.2. The summed E-state index contributed by atoms with van der Waals surface area (Å²) in [7, 11) is -1.07. The summed E-state index contributed by atoms with van der Waals surface area (Å²) in [5, 5.41) is 0.937. The molecule has 5 nitrogen and oxygen atoms in total. The van der Waals surface area contributed by atoms with Crippen molar-refractivity contribution in [1.29, 1.82) is 0 Å². The van der Waals surface area contributed by atoms with E-state index in [1.165, 1.54) is 0 Å². The Bertz CT molecular complexity index is 880. The van der Waals surface area contributed by atoms with E-state index in [-0.39, 0.29) is 29.5 Å². The lowest BCUT2D eigenvalue weighted by Crippen LogP contribution is -2.42. The summed E-state index contributed by atoms with van der Waals surface area (Å²) in [5.41, 5.74) is 1.70. The van der Waals surface area contributed by atoms with E-state index in [9.17, 15) is 13.2 Å². The highest BCUT2D eigenvalue weighted by atomic mass is 32.2. The number of para-hydroxylation sites is 1. The maximum absolute atomic E-state index is 13.2. The van der Waals surface area contributed by atoms with Crippen molar-refractivity contribution in [3.63, 3.8) is 0 Å². The summed E-state index contributed by atoms with van der Waals surface area (Å²) in [4.78, 5) is 15.0. The number of hydrogen-bond acceptors (Lipinski definition) is 3. The molecule has 2 aromatic rings. The van der Waals surface area contributed by atoms with Gasteiger partial charge in [-0.25, -0.2) is 8.42 Å². The lowest BCUT2D eigenvalue weighted by Gasteiger charge is -2.28. The molecule has 2 heterocycles. The second-order valence-corrected chi connectivity index (χ2v) is 8.90. The maximum Gasteiger partial charge on any atom is 0.256 e. The van der Waals surface area contributed by atoms with Crippen LogP contribution in [0.15, 0.2) is 30.5 Å². The highest BCUT2D eigenvalue weighted by molar-refractivity contribution is 7.91. The molecule has 1 saturated heterocycles. The van der Waals surface area contributed by atoms with Crippen LogP contribution < -0.4 is 0 Å². The maximum atomic E-state index is 13.2. The van der Waals surface area contributed by atoms with Crippen molar-refractivity contribution < 1.29 is 13.2 Å². The van der Waals surface area contributed by atoms with Crippen LogP contribution in [0.5, 0.6) is 0 Å². The van der Waals surface area contributed by atoms with Gasteiger partial charge in [-0.15, -0.1) is 0 Å². The van der Waals surface area contributed by atoms with Crippen LogP contribution in [0.4, 0.5) is 0 Å². The minimum absolute atomic E-state index is 0.0219. The largest absolute Gasteiger partial charge is 0.350 e. The molecular weight excluding hydrogens is 312 g/mol. The molecule has 0 spiro atoms. The molecule has 1 aliphatic heterocycles. The Morgan fingerprint density at radius 1 is 1.17 bits per heavy atom. The predicted octanol–water partition coefficient (Wildman–Crippen LogP) is 1.97. The SMILES string of the molecule is Cn1cc(C(=O)N(C2CC2)[C@@H]2CCS(=O)(=O)C2)c2ccccc21. The van der Waals surface area contributed by atoms with E-state index in [0.717, 1.165) is 23.7 Å². The van der Waals surface area contributed by atoms with E-state index in [4.69, 9.17) is 0 Å². The van der Waals surface area contributed by atoms with Gasteiger partial charge < -0.3 is 9.47 Å². The third-order valence-corrected chi connectivity index (χ3v) is 6.65. The van der Waals surface area contributed by atoms with Crippen molar-refractivity contribution in [2.45, 2.75) is 31.3 Å². The van der Waals surface area contributed by atoms with E-state index in [0.29, 0.717) is 12.0 Å². The number of carbonyl (C=O) groups excluding carboxylic acids is 1. The molecule has 1 aromatic carbocycles. The lowest BCUT2D eigenvalue weighted by atomic mass is 10.1. The Morgan fingerprint density at radius 2 is 1.91 bits per heavy atom. The van der Waals surface area contributed by atoms with Crippen LogP contribution in [0.1, 0.15) is 29.6 Å². The molecule has 1 atom stereocenters. The number of carbonyl (C=O) groups is 1. The van der Waals surface area contributed by atoms with Crippen molar-refractivity contribution in [2.24, 2.45) is 7.05 Å². The van der Waals surface area contributed by atoms with E-state index in [1.54, 1.807) is 0 Å². The number of aryl methyl sites for hydroxylation is 1. The molecule has 0 unspecified atom stereocenters. The van der Waals surface area contributed by atoms with Crippen LogP contribution in [0, 0.1) is 0 Å². The molecule has 0 radical (unpaired) electrons. The minimum atomic E-state index is -3.00. The van der Waals surface area contributed by atoms with E-state index in [1.807, 2.05) is 47.0 Å². The molecule has 1 aliphatic carbocycles. The third-order valence-electron chi connectivity index (χ3n) is 4.90. The van der Waals surface area contributed by atoms with Crippen LogP contribution in [-0.2, 0) is 16.9 Å². The lowest BCUT2D eigenvalue weighted by molar-refractivity contribution is 0.0682. The molecule has 1 amide bonds. The zero-order valence-corrected chi connectivity index (χ0v) is 13.9. The van der Waals surface area contributed by atoms with Crippen LogP contribution in [0.2, 0.25) is 0 Å². The van der Waals surface area contributed by atoms with Crippen LogP contribution in [0.3, 0.4) is 0 Å². The van der Waals surface area contributed by atoms with Crippen molar-refractivity contribution in [3.05, 3.63) is 36.0 Å². The standard InChI is InChI=1S/C17H20N2O3S/c1-18-10-15(14-4-2-3-5-16(14)18)17(20)19(12-6-7-12)13-8-9-23(21,22)11-13/h2-5,10,12-13H,6-9,11H2,1H3/t13-/m1/s1. The number of sulfone groups is 1. The molecule has 6 heteroatoms. The van der Waals surface area contributed by atoms with E-state index >= 15 is 0 Å². The van der Waals surface area contributed by atoms with Gasteiger partial charge >= 0.3 is 0 Å². The summed E-state index contributed by atoms with van der Waals surface area (Å²) in [6.07, 6.45) is 4.39. The van der Waals surface area contributed by atoms with Crippen LogP contribution in [-0.4, -0.2) is 47.4 Å². The first-order valence-corrected chi connectivity index (χ1v) is 9.85. The molecule has 122 valence electrons. The molecule has 2 aliphatic rings. The third kappa shape index (κ3) is 2.55. The number of aromatic nitrogens is 1. The number of fused-ring (bicyclic) bond motifs is 1. The fourth-order valence-corrected chi connectivity index (χ4v) is 5.34. The highest BCUT2D eigenvalue weighted by Crippen LogP contribution is 2.34. The van der Waals surface area contributed by atoms with E-state index < -0.39 is 9.84 Å². The predicted molar refractivity (Wildman–Crippen MR) is 89.2 cm³/mol. The first-order valence-electron chi connectivity index (χ1n) is 8.03. The zero-order valence-electron chi connectivity index (χ0n) is 13.1. The molecule has 4 rings (SSSR count). The Labute approximate surface area is 135 Å². The second-order valence-electron chi connectivity index (χ2n) is 6.67. The number of rotatable bonds is 3. The quantitative estimate of drug-likeness (QED) is 0.863. The van der Waals surface area contributed by atoms with Gasteiger partial charge in [0.25, 0.3) is 5.91 Å². The smallest absolute Gasteiger partial charge is 0.256 e. The minimum Gasteiger partial charge on any atom is -0.350 e. The van der Waals surface area contributed by atoms with Gasteiger partial charge in [0.15, 0.2) is 9.84 Å². The molecule has 0 N–H and O–H groups in total. The summed E-state index contributed by atoms with van der Waals surface area (Å²) >= 11 is 0. The Morgan fingerprint density at radius 3 is 2.57 bits per heavy atom. The second kappa shape index (κ2) is 5.09. The Kier molecular flexibility index (Phi) is 3.27. The van der Waals surface area contributed by atoms with Gasteiger partial charge in [-0.05, 0) is 25.3 Å². The number of amides is 1. The molecule has 23 heavy (non-hydrogen) atoms. The average molecular weight is 332 g/mol. The van der Waals surface area contributed by atoms with E-state index in [2.05, 4.69) is 0 Å².